The third-order valence-electron chi connectivity index (χ3n) is 3.70. The summed E-state index contributed by atoms with van der Waals surface area (Å²) in [4.78, 5) is 23.6. The summed E-state index contributed by atoms with van der Waals surface area (Å²) >= 11 is 6.09. The van der Waals surface area contributed by atoms with Gasteiger partial charge in [-0.15, -0.1) is 0 Å². The first kappa shape index (κ1) is 17.2. The van der Waals surface area contributed by atoms with Crippen LogP contribution >= 0.6 is 11.6 Å². The molecule has 0 saturated heterocycles. The molecular weight excluding hydrogens is 319 g/mol. The van der Waals surface area contributed by atoms with E-state index in [1.54, 1.807) is 13.1 Å². The molecule has 1 aromatic carbocycles. The van der Waals surface area contributed by atoms with Gasteiger partial charge < -0.3 is 9.88 Å². The van der Waals surface area contributed by atoms with E-state index in [1.165, 1.54) is 35.0 Å². The number of benzene rings is 1. The highest BCUT2D eigenvalue weighted by Crippen LogP contribution is 2.29. The number of carbonyl (C=O) groups excluding carboxylic acids is 1. The summed E-state index contributed by atoms with van der Waals surface area (Å²) in [7, 11) is 1.58. The summed E-state index contributed by atoms with van der Waals surface area (Å²) in [5.41, 5.74) is 0.496. The molecule has 0 spiro atoms. The highest BCUT2D eigenvalue weighted by atomic mass is 35.5. The maximum Gasteiger partial charge on any atom is 0.252 e. The summed E-state index contributed by atoms with van der Waals surface area (Å²) in [6, 6.07) is 7.05. The van der Waals surface area contributed by atoms with Gasteiger partial charge in [0, 0.05) is 36.3 Å². The second-order valence-corrected chi connectivity index (χ2v) is 6.46. The van der Waals surface area contributed by atoms with Gasteiger partial charge in [-0.25, -0.2) is 4.39 Å². The van der Waals surface area contributed by atoms with Crippen molar-refractivity contribution in [3.63, 3.8) is 0 Å². The first-order valence-electron chi connectivity index (χ1n) is 7.11. The molecule has 23 heavy (non-hydrogen) atoms. The summed E-state index contributed by atoms with van der Waals surface area (Å²) in [6.45, 7) is 4.14. The van der Waals surface area contributed by atoms with Crippen LogP contribution in [0, 0.1) is 5.82 Å². The Morgan fingerprint density at radius 2 is 2.00 bits per heavy atom. The van der Waals surface area contributed by atoms with Gasteiger partial charge in [0.05, 0.1) is 5.56 Å². The first-order valence-corrected chi connectivity index (χ1v) is 7.49. The number of nitrogens with zero attached hydrogens (tertiary/aromatic N) is 1. The van der Waals surface area contributed by atoms with Gasteiger partial charge >= 0.3 is 0 Å². The molecule has 1 N–H and O–H groups in total. The molecule has 0 aliphatic heterocycles. The highest BCUT2D eigenvalue weighted by Gasteiger charge is 2.24. The van der Waals surface area contributed by atoms with Gasteiger partial charge in [-0.1, -0.05) is 31.5 Å². The average Bonchev–Trinajstić information content (AvgIpc) is 2.47. The van der Waals surface area contributed by atoms with Crippen LogP contribution in [0.15, 0.2) is 41.3 Å². The van der Waals surface area contributed by atoms with Crippen molar-refractivity contribution in [2.75, 3.05) is 6.54 Å². The molecule has 2 aromatic rings. The standard InChI is InChI=1S/C17H18ClFN2O2/c1-17(2,13-6-5-12(19)8-14(13)18)10-20-16(23)11-4-7-15(22)21(3)9-11/h4-9H,10H2,1-3H3,(H,20,23). The Bertz CT molecular complexity index is 799. The summed E-state index contributed by atoms with van der Waals surface area (Å²) in [6.07, 6.45) is 1.48. The van der Waals surface area contributed by atoms with E-state index < -0.39 is 11.2 Å². The number of hydrogen-bond donors (Lipinski definition) is 1. The van der Waals surface area contributed by atoms with Crippen molar-refractivity contribution < 1.29 is 9.18 Å². The smallest absolute Gasteiger partial charge is 0.252 e. The van der Waals surface area contributed by atoms with Crippen LogP contribution in [0.5, 0.6) is 0 Å². The van der Waals surface area contributed by atoms with E-state index in [1.807, 2.05) is 13.8 Å². The molecule has 0 bridgehead atoms. The Balaban J connectivity index is 2.13. The zero-order chi connectivity index (χ0) is 17.2. The van der Waals surface area contributed by atoms with Gasteiger partial charge in [0.25, 0.3) is 5.91 Å². The number of aryl methyl sites for hydroxylation is 1. The van der Waals surface area contributed by atoms with Crippen LogP contribution in [0.2, 0.25) is 5.02 Å². The molecule has 1 aromatic heterocycles. The molecule has 0 radical (unpaired) electrons. The van der Waals surface area contributed by atoms with Gasteiger partial charge in [0.15, 0.2) is 0 Å². The zero-order valence-electron chi connectivity index (χ0n) is 13.2. The normalized spacial score (nSPS) is 11.3. The topological polar surface area (TPSA) is 51.1 Å². The molecule has 6 heteroatoms. The molecular formula is C17H18ClFN2O2. The van der Waals surface area contributed by atoms with Crippen LogP contribution in [0.4, 0.5) is 4.39 Å². The first-order chi connectivity index (χ1) is 10.7. The Hall–Kier alpha value is -2.14. The predicted molar refractivity (Wildman–Crippen MR) is 88.5 cm³/mol. The Labute approximate surface area is 138 Å². The summed E-state index contributed by atoms with van der Waals surface area (Å²) < 4.78 is 14.5. The van der Waals surface area contributed by atoms with Crippen LogP contribution < -0.4 is 10.9 Å². The van der Waals surface area contributed by atoms with E-state index in [2.05, 4.69) is 5.32 Å². The quantitative estimate of drug-likeness (QED) is 0.933. The number of pyridine rings is 1. The van der Waals surface area contributed by atoms with Crippen LogP contribution in [0.3, 0.4) is 0 Å². The minimum Gasteiger partial charge on any atom is -0.351 e. The minimum atomic E-state index is -0.471. The Kier molecular flexibility index (Phi) is 4.90. The second-order valence-electron chi connectivity index (χ2n) is 6.06. The fourth-order valence-electron chi connectivity index (χ4n) is 2.27. The molecule has 0 aliphatic rings. The van der Waals surface area contributed by atoms with Gasteiger partial charge in [-0.2, -0.15) is 0 Å². The number of amides is 1. The molecule has 122 valence electrons. The summed E-state index contributed by atoms with van der Waals surface area (Å²) in [5.74, 6) is -0.685. The number of aromatic nitrogens is 1. The molecule has 0 unspecified atom stereocenters. The largest absolute Gasteiger partial charge is 0.351 e. The molecule has 0 fully saturated rings. The van der Waals surface area contributed by atoms with E-state index in [-0.39, 0.29) is 11.5 Å². The van der Waals surface area contributed by atoms with Gasteiger partial charge in [0.1, 0.15) is 5.82 Å². The van der Waals surface area contributed by atoms with Crippen LogP contribution in [-0.4, -0.2) is 17.0 Å². The van der Waals surface area contributed by atoms with E-state index in [9.17, 15) is 14.0 Å². The molecule has 0 saturated carbocycles. The molecule has 1 amide bonds. The van der Waals surface area contributed by atoms with Gasteiger partial charge in [0.2, 0.25) is 5.56 Å². The highest BCUT2D eigenvalue weighted by molar-refractivity contribution is 6.31. The number of halogens is 2. The van der Waals surface area contributed by atoms with Crippen molar-refractivity contribution in [2.45, 2.75) is 19.3 Å². The molecule has 0 aliphatic carbocycles. The maximum atomic E-state index is 13.2. The molecule has 2 rings (SSSR count). The van der Waals surface area contributed by atoms with Gasteiger partial charge in [-0.05, 0) is 23.8 Å². The Morgan fingerprint density at radius 3 is 2.61 bits per heavy atom. The van der Waals surface area contributed by atoms with E-state index in [4.69, 9.17) is 11.6 Å². The molecule has 1 heterocycles. The van der Waals surface area contributed by atoms with Crippen molar-refractivity contribution in [3.05, 3.63) is 68.8 Å². The number of hydrogen-bond acceptors (Lipinski definition) is 2. The third kappa shape index (κ3) is 3.99. The van der Waals surface area contributed by atoms with E-state index >= 15 is 0 Å². The SMILES string of the molecule is Cn1cc(C(=O)NCC(C)(C)c2ccc(F)cc2Cl)ccc1=O. The number of carbonyl (C=O) groups is 1. The molecule has 0 atom stereocenters. The lowest BCUT2D eigenvalue weighted by atomic mass is 9.84. The lowest BCUT2D eigenvalue weighted by Gasteiger charge is -2.26. The minimum absolute atomic E-state index is 0.181. The van der Waals surface area contributed by atoms with Crippen molar-refractivity contribution >= 4 is 17.5 Å². The monoisotopic (exact) mass is 336 g/mol. The van der Waals surface area contributed by atoms with Crippen LogP contribution in [0.1, 0.15) is 29.8 Å². The van der Waals surface area contributed by atoms with Crippen molar-refractivity contribution in [1.82, 2.24) is 9.88 Å². The third-order valence-corrected chi connectivity index (χ3v) is 4.01. The van der Waals surface area contributed by atoms with Gasteiger partial charge in [-0.3, -0.25) is 9.59 Å². The number of nitrogens with one attached hydrogen (secondary N) is 1. The fraction of sp³-hybridized carbons (Fsp3) is 0.294. The van der Waals surface area contributed by atoms with E-state index in [0.29, 0.717) is 17.1 Å². The number of rotatable bonds is 4. The Morgan fingerprint density at radius 1 is 1.30 bits per heavy atom. The average molecular weight is 337 g/mol. The predicted octanol–water partition coefficient (Wildman–Crippen LogP) is 2.89. The molecule has 4 nitrogen and oxygen atoms in total. The van der Waals surface area contributed by atoms with Crippen molar-refractivity contribution in [2.24, 2.45) is 7.05 Å². The van der Waals surface area contributed by atoms with Crippen molar-refractivity contribution in [1.29, 1.82) is 0 Å². The lowest BCUT2D eigenvalue weighted by molar-refractivity contribution is 0.0945. The zero-order valence-corrected chi connectivity index (χ0v) is 13.9. The lowest BCUT2D eigenvalue weighted by Crippen LogP contribution is -2.37. The van der Waals surface area contributed by atoms with Crippen LogP contribution in [0.25, 0.3) is 0 Å². The second kappa shape index (κ2) is 6.54. The fourth-order valence-corrected chi connectivity index (χ4v) is 2.69. The van der Waals surface area contributed by atoms with E-state index in [0.717, 1.165) is 5.56 Å². The van der Waals surface area contributed by atoms with Crippen molar-refractivity contribution in [3.8, 4) is 0 Å². The van der Waals surface area contributed by atoms with Crippen LogP contribution in [-0.2, 0) is 12.5 Å². The summed E-state index contributed by atoms with van der Waals surface area (Å²) in [5, 5.41) is 3.14. The maximum absolute atomic E-state index is 13.2.